The van der Waals surface area contributed by atoms with Crippen LogP contribution >= 0.6 is 0 Å². The monoisotopic (exact) mass is 287 g/mol. The molecule has 7 heteroatoms. The summed E-state index contributed by atoms with van der Waals surface area (Å²) in [7, 11) is 0. The second kappa shape index (κ2) is 4.87. The van der Waals surface area contributed by atoms with Gasteiger partial charge in [-0.1, -0.05) is 11.3 Å². The van der Waals surface area contributed by atoms with Gasteiger partial charge in [0.05, 0.1) is 11.1 Å². The fourth-order valence-corrected chi connectivity index (χ4v) is 1.04. The average Bonchev–Trinajstić information content (AvgIpc) is 2.49. The second-order valence-electron chi connectivity index (χ2n) is 2.32. The molecule has 0 spiro atoms. The minimum absolute atomic E-state index is 0. The molecule has 2 rings (SSSR count). The molecule has 0 saturated heterocycles. The van der Waals surface area contributed by atoms with Crippen LogP contribution < -0.4 is 6.15 Å². The van der Waals surface area contributed by atoms with Crippen molar-refractivity contribution in [2.75, 3.05) is 0 Å². The topological polar surface area (TPSA) is 114 Å². The molecule has 6 nitrogen and oxygen atoms in total. The molecule has 14 heavy (non-hydrogen) atoms. The first-order chi connectivity index (χ1) is 5.79. The maximum absolute atomic E-state index is 10.6. The fraction of sp³-hybridized carbons (Fsp3) is 0. The van der Waals surface area contributed by atoms with E-state index in [9.17, 15) is 4.79 Å². The normalized spacial score (nSPS) is 8.86. The van der Waals surface area contributed by atoms with Crippen LogP contribution in [0.1, 0.15) is 10.4 Å². The van der Waals surface area contributed by atoms with E-state index in [4.69, 9.17) is 5.11 Å². The van der Waals surface area contributed by atoms with E-state index in [0.717, 1.165) is 0 Å². The van der Waals surface area contributed by atoms with E-state index in [1.165, 1.54) is 6.07 Å². The van der Waals surface area contributed by atoms with Gasteiger partial charge in [-0.15, -0.1) is 5.10 Å². The van der Waals surface area contributed by atoms with Crippen LogP contribution in [-0.4, -0.2) is 26.5 Å². The zero-order valence-corrected chi connectivity index (χ0v) is 8.47. The SMILES string of the molecule is N.O=C(O)c1cccc2[nH]nnc12.[Ag]. The van der Waals surface area contributed by atoms with Crippen LogP contribution in [0, 0.1) is 0 Å². The number of hydrogen-bond acceptors (Lipinski definition) is 4. The largest absolute Gasteiger partial charge is 0.478 e. The Morgan fingerprint density at radius 3 is 2.79 bits per heavy atom. The fourth-order valence-electron chi connectivity index (χ4n) is 1.04. The van der Waals surface area contributed by atoms with Crippen LogP contribution in [0.5, 0.6) is 0 Å². The van der Waals surface area contributed by atoms with E-state index in [1.807, 2.05) is 0 Å². The number of nitrogens with one attached hydrogen (secondary N) is 1. The van der Waals surface area contributed by atoms with Crippen LogP contribution in [0.4, 0.5) is 0 Å². The summed E-state index contributed by atoms with van der Waals surface area (Å²) in [5.74, 6) is -0.991. The van der Waals surface area contributed by atoms with Gasteiger partial charge in [-0.25, -0.2) is 4.79 Å². The van der Waals surface area contributed by atoms with Crippen molar-refractivity contribution in [3.63, 3.8) is 0 Å². The predicted octanol–water partition coefficient (Wildman–Crippen LogP) is 0.816. The minimum atomic E-state index is -0.991. The summed E-state index contributed by atoms with van der Waals surface area (Å²) in [5, 5.41) is 18.5. The molecule has 2 aromatic rings. The molecular weight excluding hydrogens is 280 g/mol. The molecular formula is C7H8AgN4O2. The Hall–Kier alpha value is -1.21. The van der Waals surface area contributed by atoms with Gasteiger partial charge in [0.15, 0.2) is 0 Å². The number of carboxylic acids is 1. The first-order valence-corrected chi connectivity index (χ1v) is 3.32. The predicted molar refractivity (Wildman–Crippen MR) is 45.9 cm³/mol. The van der Waals surface area contributed by atoms with Crippen molar-refractivity contribution in [3.05, 3.63) is 23.8 Å². The number of fused-ring (bicyclic) bond motifs is 1. The van der Waals surface area contributed by atoms with Crippen LogP contribution in [-0.2, 0) is 22.4 Å². The van der Waals surface area contributed by atoms with Crippen LogP contribution in [0.3, 0.4) is 0 Å². The molecule has 0 aliphatic carbocycles. The molecule has 0 saturated carbocycles. The van der Waals surface area contributed by atoms with Crippen molar-refractivity contribution in [1.82, 2.24) is 21.6 Å². The van der Waals surface area contributed by atoms with Gasteiger partial charge in [0.2, 0.25) is 0 Å². The molecule has 1 radical (unpaired) electrons. The third kappa shape index (κ3) is 1.99. The Balaban J connectivity index is 0.000000845. The summed E-state index contributed by atoms with van der Waals surface area (Å²) in [4.78, 5) is 10.6. The zero-order valence-electron chi connectivity index (χ0n) is 6.99. The number of H-pyrrole nitrogens is 1. The first kappa shape index (κ1) is 12.8. The standard InChI is InChI=1S/C7H5N3O2.Ag.H3N/c11-7(12)4-2-1-3-5-6(4)9-10-8-5;;/h1-3H,(H,11,12)(H,8,9,10);;1H3. The van der Waals surface area contributed by atoms with E-state index in [1.54, 1.807) is 12.1 Å². The van der Waals surface area contributed by atoms with Crippen molar-refractivity contribution >= 4 is 17.0 Å². The average molecular weight is 288 g/mol. The van der Waals surface area contributed by atoms with E-state index >= 15 is 0 Å². The van der Waals surface area contributed by atoms with Gasteiger partial charge in [0.1, 0.15) is 5.52 Å². The third-order valence-corrected chi connectivity index (χ3v) is 1.59. The molecule has 0 fully saturated rings. The number of carbonyl (C=O) groups is 1. The minimum Gasteiger partial charge on any atom is -0.478 e. The van der Waals surface area contributed by atoms with Gasteiger partial charge >= 0.3 is 5.97 Å². The van der Waals surface area contributed by atoms with Gasteiger partial charge in [-0.2, -0.15) is 0 Å². The van der Waals surface area contributed by atoms with Crippen LogP contribution in [0.2, 0.25) is 0 Å². The number of hydrogen-bond donors (Lipinski definition) is 3. The third-order valence-electron chi connectivity index (χ3n) is 1.59. The van der Waals surface area contributed by atoms with Gasteiger partial charge in [0.25, 0.3) is 0 Å². The number of aromatic amines is 1. The quantitative estimate of drug-likeness (QED) is 0.672. The molecule has 5 N–H and O–H groups in total. The summed E-state index contributed by atoms with van der Waals surface area (Å²) < 4.78 is 0. The summed E-state index contributed by atoms with van der Waals surface area (Å²) >= 11 is 0. The molecule has 0 aliphatic rings. The Morgan fingerprint density at radius 1 is 1.43 bits per heavy atom. The number of rotatable bonds is 1. The van der Waals surface area contributed by atoms with Gasteiger partial charge in [0, 0.05) is 22.4 Å². The number of benzene rings is 1. The summed E-state index contributed by atoms with van der Waals surface area (Å²) in [6, 6.07) is 4.86. The van der Waals surface area contributed by atoms with Crippen molar-refractivity contribution in [2.24, 2.45) is 0 Å². The number of aromatic carboxylic acids is 1. The van der Waals surface area contributed by atoms with Gasteiger partial charge in [-0.05, 0) is 12.1 Å². The maximum Gasteiger partial charge on any atom is 0.338 e. The Labute approximate surface area is 94.8 Å². The molecule has 1 aromatic heterocycles. The molecule has 0 bridgehead atoms. The van der Waals surface area contributed by atoms with Crippen LogP contribution in [0.25, 0.3) is 11.0 Å². The zero-order chi connectivity index (χ0) is 8.55. The summed E-state index contributed by atoms with van der Waals surface area (Å²) in [6.45, 7) is 0. The van der Waals surface area contributed by atoms with E-state index < -0.39 is 5.97 Å². The Bertz CT molecular complexity index is 442. The van der Waals surface area contributed by atoms with Gasteiger partial charge < -0.3 is 11.3 Å². The molecule has 79 valence electrons. The summed E-state index contributed by atoms with van der Waals surface area (Å²) in [5.41, 5.74) is 1.20. The van der Waals surface area contributed by atoms with Crippen LogP contribution in [0.15, 0.2) is 18.2 Å². The molecule has 0 unspecified atom stereocenters. The molecule has 1 heterocycles. The smallest absolute Gasteiger partial charge is 0.338 e. The molecule has 0 amide bonds. The van der Waals surface area contributed by atoms with E-state index in [2.05, 4.69) is 15.4 Å². The number of aromatic nitrogens is 3. The maximum atomic E-state index is 10.6. The van der Waals surface area contributed by atoms with Crippen molar-refractivity contribution in [2.45, 2.75) is 0 Å². The van der Waals surface area contributed by atoms with E-state index in [-0.39, 0.29) is 34.1 Å². The van der Waals surface area contributed by atoms with Crippen molar-refractivity contribution in [3.8, 4) is 0 Å². The molecule has 0 atom stereocenters. The van der Waals surface area contributed by atoms with E-state index in [0.29, 0.717) is 11.0 Å². The van der Waals surface area contributed by atoms with Gasteiger partial charge in [-0.3, -0.25) is 5.10 Å². The van der Waals surface area contributed by atoms with Crippen molar-refractivity contribution in [1.29, 1.82) is 0 Å². The first-order valence-electron chi connectivity index (χ1n) is 3.32. The number of nitrogens with zero attached hydrogens (tertiary/aromatic N) is 2. The Morgan fingerprint density at radius 2 is 2.14 bits per heavy atom. The second-order valence-corrected chi connectivity index (χ2v) is 2.32. The van der Waals surface area contributed by atoms with Crippen molar-refractivity contribution < 1.29 is 32.3 Å². The Kier molecular flexibility index (Phi) is 4.45. The summed E-state index contributed by atoms with van der Waals surface area (Å²) in [6.07, 6.45) is 0. The molecule has 0 aliphatic heterocycles. The molecule has 1 aromatic carbocycles. The number of carboxylic acid groups (broad SMARTS) is 1.